The van der Waals surface area contributed by atoms with Gasteiger partial charge in [-0.3, -0.25) is 0 Å². The van der Waals surface area contributed by atoms with E-state index in [1.807, 2.05) is 43.3 Å². The molecular formula is C15H14Br2N2O. The third-order valence-corrected chi connectivity index (χ3v) is 3.90. The standard InChI is InChI=1S/C15H14Br2N2O/c1-10-3-2-4-11(7-10)9-18-15(20)19-14-8-12(16)5-6-13(14)17/h2-8H,9H2,1H3,(H2,18,19,20). The summed E-state index contributed by atoms with van der Waals surface area (Å²) in [5.41, 5.74) is 2.98. The maximum atomic E-state index is 11.9. The number of rotatable bonds is 3. The normalized spacial score (nSPS) is 10.2. The monoisotopic (exact) mass is 396 g/mol. The molecule has 2 rings (SSSR count). The van der Waals surface area contributed by atoms with Crippen molar-refractivity contribution >= 4 is 43.6 Å². The third kappa shape index (κ3) is 4.35. The highest BCUT2D eigenvalue weighted by atomic mass is 79.9. The minimum Gasteiger partial charge on any atom is -0.334 e. The summed E-state index contributed by atoms with van der Waals surface area (Å²) in [6.45, 7) is 2.53. The Kier molecular flexibility index (Phi) is 5.20. The van der Waals surface area contributed by atoms with E-state index in [1.165, 1.54) is 5.56 Å². The van der Waals surface area contributed by atoms with Crippen LogP contribution in [-0.4, -0.2) is 6.03 Å². The number of urea groups is 1. The van der Waals surface area contributed by atoms with E-state index in [9.17, 15) is 4.79 Å². The van der Waals surface area contributed by atoms with Crippen molar-refractivity contribution < 1.29 is 4.79 Å². The van der Waals surface area contributed by atoms with E-state index in [2.05, 4.69) is 48.6 Å². The first-order valence-corrected chi connectivity index (χ1v) is 7.68. The van der Waals surface area contributed by atoms with E-state index < -0.39 is 0 Å². The van der Waals surface area contributed by atoms with Crippen LogP contribution < -0.4 is 10.6 Å². The molecule has 0 aliphatic heterocycles. The minimum atomic E-state index is -0.231. The van der Waals surface area contributed by atoms with Crippen molar-refractivity contribution in [1.29, 1.82) is 0 Å². The largest absolute Gasteiger partial charge is 0.334 e. The van der Waals surface area contributed by atoms with E-state index in [1.54, 1.807) is 0 Å². The van der Waals surface area contributed by atoms with E-state index in [-0.39, 0.29) is 6.03 Å². The van der Waals surface area contributed by atoms with Gasteiger partial charge in [0, 0.05) is 15.5 Å². The van der Waals surface area contributed by atoms with Crippen LogP contribution in [0.3, 0.4) is 0 Å². The van der Waals surface area contributed by atoms with Gasteiger partial charge in [0.15, 0.2) is 0 Å². The van der Waals surface area contributed by atoms with Crippen LogP contribution >= 0.6 is 31.9 Å². The van der Waals surface area contributed by atoms with Crippen molar-refractivity contribution in [3.05, 3.63) is 62.5 Å². The smallest absolute Gasteiger partial charge is 0.319 e. The third-order valence-electron chi connectivity index (χ3n) is 2.71. The molecule has 2 N–H and O–H groups in total. The summed E-state index contributed by atoms with van der Waals surface area (Å²) >= 11 is 6.78. The molecule has 2 amide bonds. The van der Waals surface area contributed by atoms with Crippen molar-refractivity contribution in [3.8, 4) is 0 Å². The Hall–Kier alpha value is -1.33. The van der Waals surface area contributed by atoms with E-state index in [0.29, 0.717) is 6.54 Å². The van der Waals surface area contributed by atoms with E-state index >= 15 is 0 Å². The Morgan fingerprint density at radius 2 is 1.95 bits per heavy atom. The Morgan fingerprint density at radius 3 is 2.70 bits per heavy atom. The van der Waals surface area contributed by atoms with E-state index in [4.69, 9.17) is 0 Å². The SMILES string of the molecule is Cc1cccc(CNC(=O)Nc2cc(Br)ccc2Br)c1. The average molecular weight is 398 g/mol. The van der Waals surface area contributed by atoms with Crippen molar-refractivity contribution in [2.75, 3.05) is 5.32 Å². The molecule has 0 spiro atoms. The van der Waals surface area contributed by atoms with E-state index in [0.717, 1.165) is 20.2 Å². The number of benzene rings is 2. The van der Waals surface area contributed by atoms with Crippen LogP contribution in [0.25, 0.3) is 0 Å². The van der Waals surface area contributed by atoms with Gasteiger partial charge in [-0.2, -0.15) is 0 Å². The van der Waals surface area contributed by atoms with Crippen LogP contribution in [0, 0.1) is 6.92 Å². The van der Waals surface area contributed by atoms with Gasteiger partial charge in [0.05, 0.1) is 5.69 Å². The number of hydrogen-bond donors (Lipinski definition) is 2. The number of carbonyl (C=O) groups excluding carboxylic acids is 1. The van der Waals surface area contributed by atoms with Crippen LogP contribution in [0.1, 0.15) is 11.1 Å². The first-order chi connectivity index (χ1) is 9.54. The molecule has 20 heavy (non-hydrogen) atoms. The molecule has 2 aromatic carbocycles. The molecule has 0 fully saturated rings. The predicted octanol–water partition coefficient (Wildman–Crippen LogP) is 4.84. The fourth-order valence-corrected chi connectivity index (χ4v) is 2.47. The molecule has 0 aliphatic rings. The zero-order valence-corrected chi connectivity index (χ0v) is 14.1. The van der Waals surface area contributed by atoms with Crippen LogP contribution in [0.4, 0.5) is 10.5 Å². The van der Waals surface area contributed by atoms with Gasteiger partial charge in [0.2, 0.25) is 0 Å². The van der Waals surface area contributed by atoms with Crippen molar-refractivity contribution in [1.82, 2.24) is 5.32 Å². The molecule has 3 nitrogen and oxygen atoms in total. The number of anilines is 1. The second-order valence-corrected chi connectivity index (χ2v) is 6.19. The second-order valence-electron chi connectivity index (χ2n) is 4.42. The Balaban J connectivity index is 1.94. The number of hydrogen-bond acceptors (Lipinski definition) is 1. The van der Waals surface area contributed by atoms with Gasteiger partial charge in [-0.1, -0.05) is 45.8 Å². The summed E-state index contributed by atoms with van der Waals surface area (Å²) in [4.78, 5) is 11.9. The molecule has 2 aromatic rings. The Bertz CT molecular complexity index is 629. The molecule has 5 heteroatoms. The molecule has 0 saturated carbocycles. The van der Waals surface area contributed by atoms with Gasteiger partial charge in [-0.15, -0.1) is 0 Å². The number of amides is 2. The maximum Gasteiger partial charge on any atom is 0.319 e. The zero-order valence-electron chi connectivity index (χ0n) is 10.9. The number of carbonyl (C=O) groups is 1. The zero-order chi connectivity index (χ0) is 14.5. The lowest BCUT2D eigenvalue weighted by molar-refractivity contribution is 0.251. The van der Waals surface area contributed by atoms with Crippen LogP contribution in [-0.2, 0) is 6.54 Å². The van der Waals surface area contributed by atoms with Crippen molar-refractivity contribution in [2.24, 2.45) is 0 Å². The lowest BCUT2D eigenvalue weighted by Gasteiger charge is -2.10. The molecule has 0 bridgehead atoms. The molecule has 104 valence electrons. The fraction of sp³-hybridized carbons (Fsp3) is 0.133. The van der Waals surface area contributed by atoms with Gasteiger partial charge in [-0.05, 0) is 46.6 Å². The minimum absolute atomic E-state index is 0.231. The van der Waals surface area contributed by atoms with Crippen molar-refractivity contribution in [3.63, 3.8) is 0 Å². The molecule has 0 heterocycles. The number of nitrogens with one attached hydrogen (secondary N) is 2. The quantitative estimate of drug-likeness (QED) is 0.764. The highest BCUT2D eigenvalue weighted by Crippen LogP contribution is 2.25. The Labute approximate surface area is 135 Å². The van der Waals surface area contributed by atoms with Gasteiger partial charge in [-0.25, -0.2) is 4.79 Å². The van der Waals surface area contributed by atoms with Gasteiger partial charge >= 0.3 is 6.03 Å². The number of aryl methyl sites for hydroxylation is 1. The average Bonchev–Trinajstić information content (AvgIpc) is 2.41. The molecule has 0 saturated heterocycles. The molecule has 0 radical (unpaired) electrons. The highest BCUT2D eigenvalue weighted by molar-refractivity contribution is 9.11. The van der Waals surface area contributed by atoms with Crippen LogP contribution in [0.15, 0.2) is 51.4 Å². The summed E-state index contributed by atoms with van der Waals surface area (Å²) < 4.78 is 1.75. The van der Waals surface area contributed by atoms with Gasteiger partial charge < -0.3 is 10.6 Å². The summed E-state index contributed by atoms with van der Waals surface area (Å²) in [6, 6.07) is 13.4. The summed E-state index contributed by atoms with van der Waals surface area (Å²) in [6.07, 6.45) is 0. The molecule has 0 atom stereocenters. The van der Waals surface area contributed by atoms with Crippen molar-refractivity contribution in [2.45, 2.75) is 13.5 Å². The summed E-state index contributed by atoms with van der Waals surface area (Å²) in [7, 11) is 0. The molecular weight excluding hydrogens is 384 g/mol. The molecule has 0 unspecified atom stereocenters. The summed E-state index contributed by atoms with van der Waals surface area (Å²) in [5.74, 6) is 0. The van der Waals surface area contributed by atoms with Gasteiger partial charge in [0.1, 0.15) is 0 Å². The first-order valence-electron chi connectivity index (χ1n) is 6.10. The lowest BCUT2D eigenvalue weighted by atomic mass is 10.1. The first kappa shape index (κ1) is 15.1. The molecule has 0 aromatic heterocycles. The highest BCUT2D eigenvalue weighted by Gasteiger charge is 2.05. The lowest BCUT2D eigenvalue weighted by Crippen LogP contribution is -2.28. The Morgan fingerprint density at radius 1 is 1.15 bits per heavy atom. The number of halogens is 2. The topological polar surface area (TPSA) is 41.1 Å². The maximum absolute atomic E-state index is 11.9. The van der Waals surface area contributed by atoms with Crippen LogP contribution in [0.2, 0.25) is 0 Å². The fourth-order valence-electron chi connectivity index (χ4n) is 1.76. The predicted molar refractivity (Wildman–Crippen MR) is 88.9 cm³/mol. The van der Waals surface area contributed by atoms with Gasteiger partial charge in [0.25, 0.3) is 0 Å². The summed E-state index contributed by atoms with van der Waals surface area (Å²) in [5, 5.41) is 5.64. The van der Waals surface area contributed by atoms with Crippen LogP contribution in [0.5, 0.6) is 0 Å². The second kappa shape index (κ2) is 6.90. The molecule has 0 aliphatic carbocycles.